The number of carbonyl (C=O) groups is 2. The number of unbranched alkanes of at least 4 members (excludes halogenated alkanes) is 11. The number of rotatable bonds is 19. The molecule has 0 radical (unpaired) electrons. The van der Waals surface area contributed by atoms with E-state index in [-0.39, 0.29) is 11.1 Å². The Hall–Kier alpha value is -1.84. The van der Waals surface area contributed by atoms with Crippen LogP contribution in [0.2, 0.25) is 0 Å². The van der Waals surface area contributed by atoms with E-state index < -0.39 is 17.5 Å². The standard InChI is InChI=1S/C28H46O4/c1-4-7-9-11-12-13-15-19-23-28(6-3,22-18-14-10-8-5-2)32-27(31)25-21-17-16-20-24(25)26(29)30/h16-17,20-21H,4-15,18-19,22-23H2,1-3H3,(H,29,30). The molecule has 0 aromatic heterocycles. The van der Waals surface area contributed by atoms with Crippen LogP contribution >= 0.6 is 0 Å². The summed E-state index contributed by atoms with van der Waals surface area (Å²) in [5.41, 5.74) is -0.339. The minimum atomic E-state index is -1.10. The summed E-state index contributed by atoms with van der Waals surface area (Å²) in [6, 6.07) is 6.36. The molecule has 1 N–H and O–H groups in total. The van der Waals surface area contributed by atoms with Crippen molar-refractivity contribution in [3.63, 3.8) is 0 Å². The molecule has 4 heteroatoms. The Balaban J connectivity index is 2.75. The van der Waals surface area contributed by atoms with Gasteiger partial charge in [0.1, 0.15) is 5.60 Å². The van der Waals surface area contributed by atoms with Gasteiger partial charge >= 0.3 is 11.9 Å². The number of hydrogen-bond donors (Lipinski definition) is 1. The molecular weight excluding hydrogens is 400 g/mol. The van der Waals surface area contributed by atoms with Crippen LogP contribution in [0, 0.1) is 0 Å². The van der Waals surface area contributed by atoms with Gasteiger partial charge in [0.05, 0.1) is 11.1 Å². The van der Waals surface area contributed by atoms with Crippen LogP contribution < -0.4 is 0 Å². The molecule has 0 spiro atoms. The zero-order valence-corrected chi connectivity index (χ0v) is 20.8. The third kappa shape index (κ3) is 10.7. The Labute approximate surface area is 196 Å². The fourth-order valence-corrected chi connectivity index (χ4v) is 4.38. The van der Waals surface area contributed by atoms with E-state index in [1.54, 1.807) is 18.2 Å². The third-order valence-corrected chi connectivity index (χ3v) is 6.55. The molecule has 0 heterocycles. The summed E-state index contributed by atoms with van der Waals surface area (Å²) in [5, 5.41) is 9.46. The normalized spacial score (nSPS) is 13.0. The van der Waals surface area contributed by atoms with Crippen molar-refractivity contribution >= 4 is 11.9 Å². The van der Waals surface area contributed by atoms with Gasteiger partial charge < -0.3 is 9.84 Å². The average molecular weight is 447 g/mol. The van der Waals surface area contributed by atoms with Gasteiger partial charge in [-0.1, -0.05) is 104 Å². The molecule has 0 amide bonds. The Kier molecular flexibility index (Phi) is 14.8. The van der Waals surface area contributed by atoms with Crippen molar-refractivity contribution in [2.24, 2.45) is 0 Å². The van der Waals surface area contributed by atoms with E-state index >= 15 is 0 Å². The fourth-order valence-electron chi connectivity index (χ4n) is 4.38. The molecular formula is C28H46O4. The van der Waals surface area contributed by atoms with Gasteiger partial charge in [0.25, 0.3) is 0 Å². The lowest BCUT2D eigenvalue weighted by atomic mass is 9.87. The van der Waals surface area contributed by atoms with Crippen LogP contribution in [0.1, 0.15) is 144 Å². The molecule has 182 valence electrons. The van der Waals surface area contributed by atoms with Gasteiger partial charge in [0.2, 0.25) is 0 Å². The minimum absolute atomic E-state index is 0.0116. The lowest BCUT2D eigenvalue weighted by Gasteiger charge is -2.33. The Bertz CT molecular complexity index is 655. The van der Waals surface area contributed by atoms with Crippen molar-refractivity contribution in [2.75, 3.05) is 0 Å². The zero-order valence-electron chi connectivity index (χ0n) is 20.8. The number of benzene rings is 1. The largest absolute Gasteiger partial charge is 0.478 e. The predicted octanol–water partition coefficient (Wildman–Crippen LogP) is 8.58. The van der Waals surface area contributed by atoms with E-state index in [9.17, 15) is 14.7 Å². The summed E-state index contributed by atoms with van der Waals surface area (Å²) in [7, 11) is 0. The van der Waals surface area contributed by atoms with Crippen LogP contribution in [0.4, 0.5) is 0 Å². The molecule has 0 saturated heterocycles. The van der Waals surface area contributed by atoms with E-state index in [0.29, 0.717) is 0 Å². The summed E-state index contributed by atoms with van der Waals surface area (Å²) >= 11 is 0. The maximum atomic E-state index is 13.0. The predicted molar refractivity (Wildman–Crippen MR) is 132 cm³/mol. The van der Waals surface area contributed by atoms with Crippen LogP contribution in [0.3, 0.4) is 0 Å². The van der Waals surface area contributed by atoms with Crippen molar-refractivity contribution in [3.8, 4) is 0 Å². The maximum absolute atomic E-state index is 13.0. The van der Waals surface area contributed by atoms with Gasteiger partial charge in [-0.2, -0.15) is 0 Å². The number of esters is 1. The average Bonchev–Trinajstić information content (AvgIpc) is 2.80. The molecule has 1 unspecified atom stereocenters. The molecule has 0 fully saturated rings. The Morgan fingerprint density at radius 3 is 1.59 bits per heavy atom. The molecule has 4 nitrogen and oxygen atoms in total. The van der Waals surface area contributed by atoms with Gasteiger partial charge in [-0.3, -0.25) is 0 Å². The SMILES string of the molecule is CCCCCCCCCCC(CC)(CCCCCCC)OC(=O)c1ccccc1C(=O)O. The van der Waals surface area contributed by atoms with Gasteiger partial charge in [-0.25, -0.2) is 9.59 Å². The molecule has 0 aliphatic heterocycles. The van der Waals surface area contributed by atoms with E-state index in [4.69, 9.17) is 4.74 Å². The van der Waals surface area contributed by atoms with Crippen LogP contribution in [-0.2, 0) is 4.74 Å². The highest BCUT2D eigenvalue weighted by Gasteiger charge is 2.33. The number of carboxylic acids is 1. The summed E-state index contributed by atoms with van der Waals surface area (Å²) in [5.74, 6) is -1.60. The highest BCUT2D eigenvalue weighted by molar-refractivity contribution is 6.02. The lowest BCUT2D eigenvalue weighted by Crippen LogP contribution is -2.35. The van der Waals surface area contributed by atoms with Gasteiger partial charge in [0.15, 0.2) is 0 Å². The second-order valence-corrected chi connectivity index (χ2v) is 9.17. The minimum Gasteiger partial charge on any atom is -0.478 e. The maximum Gasteiger partial charge on any atom is 0.339 e. The first-order valence-electron chi connectivity index (χ1n) is 13.0. The van der Waals surface area contributed by atoms with E-state index in [1.165, 1.54) is 63.9 Å². The van der Waals surface area contributed by atoms with Gasteiger partial charge in [0, 0.05) is 0 Å². The van der Waals surface area contributed by atoms with Crippen molar-refractivity contribution in [3.05, 3.63) is 35.4 Å². The smallest absolute Gasteiger partial charge is 0.339 e. The second-order valence-electron chi connectivity index (χ2n) is 9.17. The number of aromatic carboxylic acids is 1. The van der Waals surface area contributed by atoms with Crippen molar-refractivity contribution in [2.45, 2.75) is 129 Å². The first-order valence-corrected chi connectivity index (χ1v) is 13.0. The zero-order chi connectivity index (χ0) is 23.7. The molecule has 0 aliphatic carbocycles. The third-order valence-electron chi connectivity index (χ3n) is 6.55. The molecule has 0 aliphatic rings. The van der Waals surface area contributed by atoms with Crippen LogP contribution in [0.25, 0.3) is 0 Å². The van der Waals surface area contributed by atoms with Crippen LogP contribution in [0.15, 0.2) is 24.3 Å². The highest BCUT2D eigenvalue weighted by atomic mass is 16.6. The summed E-state index contributed by atoms with van der Waals surface area (Å²) in [6.45, 7) is 6.54. The fraction of sp³-hybridized carbons (Fsp3) is 0.714. The first kappa shape index (κ1) is 28.2. The van der Waals surface area contributed by atoms with Crippen LogP contribution in [-0.4, -0.2) is 22.6 Å². The molecule has 1 aromatic rings. The van der Waals surface area contributed by atoms with Crippen molar-refractivity contribution in [1.82, 2.24) is 0 Å². The molecule has 1 rings (SSSR count). The van der Waals surface area contributed by atoms with E-state index in [2.05, 4.69) is 20.8 Å². The first-order chi connectivity index (χ1) is 15.5. The number of carbonyl (C=O) groups excluding carboxylic acids is 1. The van der Waals surface area contributed by atoms with Crippen molar-refractivity contribution in [1.29, 1.82) is 0 Å². The van der Waals surface area contributed by atoms with E-state index in [1.807, 2.05) is 0 Å². The van der Waals surface area contributed by atoms with E-state index in [0.717, 1.165) is 44.9 Å². The molecule has 1 aromatic carbocycles. The Morgan fingerprint density at radius 1 is 0.719 bits per heavy atom. The number of ether oxygens (including phenoxy) is 1. The Morgan fingerprint density at radius 2 is 1.16 bits per heavy atom. The number of carboxylic acid groups (broad SMARTS) is 1. The molecule has 1 atom stereocenters. The number of hydrogen-bond acceptors (Lipinski definition) is 3. The topological polar surface area (TPSA) is 63.6 Å². The molecule has 0 saturated carbocycles. The van der Waals surface area contributed by atoms with Crippen LogP contribution in [0.5, 0.6) is 0 Å². The summed E-state index contributed by atoms with van der Waals surface area (Å²) in [6.07, 6.45) is 18.3. The van der Waals surface area contributed by atoms with Gasteiger partial charge in [-0.15, -0.1) is 0 Å². The molecule has 32 heavy (non-hydrogen) atoms. The molecule has 0 bridgehead atoms. The van der Waals surface area contributed by atoms with Crippen molar-refractivity contribution < 1.29 is 19.4 Å². The quantitative estimate of drug-likeness (QED) is 0.171. The summed E-state index contributed by atoms with van der Waals surface area (Å²) in [4.78, 5) is 24.6. The second kappa shape index (κ2) is 16.7. The highest BCUT2D eigenvalue weighted by Crippen LogP contribution is 2.32. The monoisotopic (exact) mass is 446 g/mol. The summed E-state index contributed by atoms with van der Waals surface area (Å²) < 4.78 is 6.13. The van der Waals surface area contributed by atoms with Gasteiger partial charge in [-0.05, 0) is 44.2 Å². The lowest BCUT2D eigenvalue weighted by molar-refractivity contribution is -0.0325.